The third kappa shape index (κ3) is 4.68. The SMILES string of the molecule is CC(=O)CCCSc1nc2ccc(Br)cc2c(=O)n1C(C)c1ccccc1. The first-order chi connectivity index (χ1) is 13.0. The van der Waals surface area contributed by atoms with Crippen molar-refractivity contribution in [2.75, 3.05) is 5.75 Å². The average Bonchev–Trinajstić information content (AvgIpc) is 2.66. The third-order valence-electron chi connectivity index (χ3n) is 4.40. The third-order valence-corrected chi connectivity index (χ3v) is 5.94. The molecule has 1 heterocycles. The molecule has 0 amide bonds. The fourth-order valence-corrected chi connectivity index (χ4v) is 4.33. The number of halogens is 1. The van der Waals surface area contributed by atoms with E-state index >= 15 is 0 Å². The summed E-state index contributed by atoms with van der Waals surface area (Å²) in [5.74, 6) is 0.928. The van der Waals surface area contributed by atoms with E-state index < -0.39 is 0 Å². The van der Waals surface area contributed by atoms with Crippen molar-refractivity contribution in [3.8, 4) is 0 Å². The number of hydrogen-bond donors (Lipinski definition) is 0. The Morgan fingerprint density at radius 2 is 1.96 bits per heavy atom. The second-order valence-electron chi connectivity index (χ2n) is 6.47. The van der Waals surface area contributed by atoms with Gasteiger partial charge in [0.15, 0.2) is 5.16 Å². The lowest BCUT2D eigenvalue weighted by molar-refractivity contribution is -0.117. The van der Waals surface area contributed by atoms with Gasteiger partial charge in [0, 0.05) is 16.6 Å². The molecule has 1 atom stereocenters. The summed E-state index contributed by atoms with van der Waals surface area (Å²) in [4.78, 5) is 29.2. The zero-order valence-corrected chi connectivity index (χ0v) is 17.7. The summed E-state index contributed by atoms with van der Waals surface area (Å²) in [5.41, 5.74) is 1.70. The highest BCUT2D eigenvalue weighted by Crippen LogP contribution is 2.26. The maximum Gasteiger partial charge on any atom is 0.262 e. The van der Waals surface area contributed by atoms with Crippen LogP contribution in [-0.2, 0) is 4.79 Å². The molecule has 0 saturated carbocycles. The molecule has 0 fully saturated rings. The lowest BCUT2D eigenvalue weighted by Crippen LogP contribution is -2.27. The van der Waals surface area contributed by atoms with Crippen LogP contribution in [-0.4, -0.2) is 21.1 Å². The van der Waals surface area contributed by atoms with Gasteiger partial charge < -0.3 is 4.79 Å². The summed E-state index contributed by atoms with van der Waals surface area (Å²) in [7, 11) is 0. The quantitative estimate of drug-likeness (QED) is 0.284. The molecule has 0 N–H and O–H groups in total. The minimum Gasteiger partial charge on any atom is -0.300 e. The van der Waals surface area contributed by atoms with Crippen molar-refractivity contribution >= 4 is 44.4 Å². The molecule has 1 unspecified atom stereocenters. The number of rotatable bonds is 7. The van der Waals surface area contributed by atoms with Gasteiger partial charge in [0.25, 0.3) is 5.56 Å². The maximum atomic E-state index is 13.3. The first kappa shape index (κ1) is 19.8. The molecule has 2 aromatic carbocycles. The molecule has 3 aromatic rings. The van der Waals surface area contributed by atoms with Crippen molar-refractivity contribution in [3.05, 3.63) is 68.9 Å². The van der Waals surface area contributed by atoms with Crippen molar-refractivity contribution in [3.63, 3.8) is 0 Å². The van der Waals surface area contributed by atoms with E-state index in [1.165, 1.54) is 11.8 Å². The maximum absolute atomic E-state index is 13.3. The number of Topliss-reactive ketones (excluding diaryl/α,β-unsaturated/α-hetero) is 1. The van der Waals surface area contributed by atoms with E-state index in [1.807, 2.05) is 55.5 Å². The Labute approximate surface area is 171 Å². The van der Waals surface area contributed by atoms with Crippen LogP contribution in [0.2, 0.25) is 0 Å². The number of carbonyl (C=O) groups excluding carboxylic acids is 1. The van der Waals surface area contributed by atoms with Crippen LogP contribution < -0.4 is 5.56 Å². The molecule has 0 aliphatic carbocycles. The van der Waals surface area contributed by atoms with Gasteiger partial charge in [0.2, 0.25) is 0 Å². The van der Waals surface area contributed by atoms with Gasteiger partial charge in [0.1, 0.15) is 5.78 Å². The molecule has 0 saturated heterocycles. The van der Waals surface area contributed by atoms with Crippen LogP contribution in [0, 0.1) is 0 Å². The first-order valence-electron chi connectivity index (χ1n) is 8.86. The van der Waals surface area contributed by atoms with Crippen LogP contribution in [0.15, 0.2) is 63.0 Å². The van der Waals surface area contributed by atoms with Gasteiger partial charge in [0.05, 0.1) is 16.9 Å². The Balaban J connectivity index is 2.06. The predicted molar refractivity (Wildman–Crippen MR) is 115 cm³/mol. The number of ketones is 1. The van der Waals surface area contributed by atoms with Gasteiger partial charge in [-0.3, -0.25) is 9.36 Å². The molecular weight excluding hydrogens is 424 g/mol. The molecule has 0 spiro atoms. The van der Waals surface area contributed by atoms with Crippen molar-refractivity contribution in [2.24, 2.45) is 0 Å². The highest BCUT2D eigenvalue weighted by atomic mass is 79.9. The van der Waals surface area contributed by atoms with Gasteiger partial charge in [-0.25, -0.2) is 4.98 Å². The number of fused-ring (bicyclic) bond motifs is 1. The van der Waals surface area contributed by atoms with Gasteiger partial charge in [-0.05, 0) is 44.0 Å². The van der Waals surface area contributed by atoms with E-state index in [2.05, 4.69) is 15.9 Å². The Kier molecular flexibility index (Phi) is 6.50. The summed E-state index contributed by atoms with van der Waals surface area (Å²) in [5, 5.41) is 1.29. The minimum absolute atomic E-state index is 0.0493. The number of benzene rings is 2. The minimum atomic E-state index is -0.134. The highest BCUT2D eigenvalue weighted by molar-refractivity contribution is 9.10. The molecular formula is C21H21BrN2O2S. The number of nitrogens with zero attached hydrogens (tertiary/aromatic N) is 2. The number of aromatic nitrogens is 2. The Bertz CT molecular complexity index is 1020. The fourth-order valence-electron chi connectivity index (χ4n) is 2.96. The van der Waals surface area contributed by atoms with Crippen molar-refractivity contribution < 1.29 is 4.79 Å². The Morgan fingerprint density at radius 3 is 2.67 bits per heavy atom. The first-order valence-corrected chi connectivity index (χ1v) is 10.6. The van der Waals surface area contributed by atoms with Crippen LogP contribution >= 0.6 is 27.7 Å². The summed E-state index contributed by atoms with van der Waals surface area (Å²) < 4.78 is 2.62. The van der Waals surface area contributed by atoms with Crippen LogP contribution in [0.3, 0.4) is 0 Å². The van der Waals surface area contributed by atoms with Crippen LogP contribution in [0.5, 0.6) is 0 Å². The standard InChI is InChI=1S/C21H21BrN2O2S/c1-14(25)7-6-12-27-21-23-19-11-10-17(22)13-18(19)20(26)24(21)15(2)16-8-4-3-5-9-16/h3-5,8-11,13,15H,6-7,12H2,1-2H3. The molecule has 140 valence electrons. The van der Waals surface area contributed by atoms with E-state index in [1.54, 1.807) is 11.5 Å². The van der Waals surface area contributed by atoms with Gasteiger partial charge in [-0.15, -0.1) is 0 Å². The fraction of sp³-hybridized carbons (Fsp3) is 0.286. The lowest BCUT2D eigenvalue weighted by atomic mass is 10.1. The summed E-state index contributed by atoms with van der Waals surface area (Å²) >= 11 is 4.98. The average molecular weight is 445 g/mol. The number of carbonyl (C=O) groups is 1. The van der Waals surface area contributed by atoms with Crippen LogP contribution in [0.4, 0.5) is 0 Å². The van der Waals surface area contributed by atoms with E-state index in [0.29, 0.717) is 22.5 Å². The molecule has 27 heavy (non-hydrogen) atoms. The van der Waals surface area contributed by atoms with Gasteiger partial charge in [-0.2, -0.15) is 0 Å². The molecule has 0 aliphatic heterocycles. The van der Waals surface area contributed by atoms with Gasteiger partial charge >= 0.3 is 0 Å². The molecule has 1 aromatic heterocycles. The largest absolute Gasteiger partial charge is 0.300 e. The van der Waals surface area contributed by atoms with Crippen LogP contribution in [0.1, 0.15) is 38.3 Å². The highest BCUT2D eigenvalue weighted by Gasteiger charge is 2.18. The summed E-state index contributed by atoms with van der Waals surface area (Å²) in [6.45, 7) is 3.62. The monoisotopic (exact) mass is 444 g/mol. The zero-order valence-electron chi connectivity index (χ0n) is 15.3. The smallest absolute Gasteiger partial charge is 0.262 e. The molecule has 0 bridgehead atoms. The topological polar surface area (TPSA) is 52.0 Å². The molecule has 3 rings (SSSR count). The van der Waals surface area contributed by atoms with E-state index in [4.69, 9.17) is 4.98 Å². The van der Waals surface area contributed by atoms with E-state index in [0.717, 1.165) is 22.2 Å². The van der Waals surface area contributed by atoms with E-state index in [9.17, 15) is 9.59 Å². The molecule has 4 nitrogen and oxygen atoms in total. The van der Waals surface area contributed by atoms with Crippen molar-refractivity contribution in [1.82, 2.24) is 9.55 Å². The van der Waals surface area contributed by atoms with Crippen molar-refractivity contribution in [2.45, 2.75) is 37.9 Å². The van der Waals surface area contributed by atoms with Crippen molar-refractivity contribution in [1.29, 1.82) is 0 Å². The second-order valence-corrected chi connectivity index (χ2v) is 8.45. The Morgan fingerprint density at radius 1 is 1.22 bits per heavy atom. The molecule has 0 aliphatic rings. The zero-order chi connectivity index (χ0) is 19.4. The lowest BCUT2D eigenvalue weighted by Gasteiger charge is -2.20. The predicted octanol–water partition coefficient (Wildman–Crippen LogP) is 5.23. The Hall–Kier alpha value is -1.92. The molecule has 6 heteroatoms. The second kappa shape index (κ2) is 8.85. The normalized spacial score (nSPS) is 12.3. The number of thioether (sulfide) groups is 1. The van der Waals surface area contributed by atoms with Gasteiger partial charge in [-0.1, -0.05) is 58.0 Å². The number of hydrogen-bond acceptors (Lipinski definition) is 4. The van der Waals surface area contributed by atoms with E-state index in [-0.39, 0.29) is 17.4 Å². The molecule has 0 radical (unpaired) electrons. The summed E-state index contributed by atoms with van der Waals surface area (Å²) in [6.07, 6.45) is 1.32. The van der Waals surface area contributed by atoms with Crippen LogP contribution in [0.25, 0.3) is 10.9 Å². The summed E-state index contributed by atoms with van der Waals surface area (Å²) in [6, 6.07) is 15.4.